The molecule has 9 atom stereocenters. The minimum absolute atomic E-state index is 0.0990. The van der Waals surface area contributed by atoms with E-state index in [-0.39, 0.29) is 36.5 Å². The molecule has 0 aromatic carbocycles. The number of ketones is 1. The van der Waals surface area contributed by atoms with Gasteiger partial charge in [-0.05, 0) is 86.4 Å². The number of carbonyl (C=O) groups is 2. The van der Waals surface area contributed by atoms with Crippen LogP contribution in [-0.4, -0.2) is 110 Å². The van der Waals surface area contributed by atoms with Crippen LogP contribution >= 0.6 is 0 Å². The average molecular weight is 583 g/mol. The molecule has 0 unspecified atom stereocenters. The number of aliphatic hydroxyl groups is 1. The van der Waals surface area contributed by atoms with Gasteiger partial charge in [-0.15, -0.1) is 0 Å². The Bertz CT molecular complexity index is 876. The van der Waals surface area contributed by atoms with Crippen LogP contribution in [0.15, 0.2) is 0 Å². The Morgan fingerprint density at radius 2 is 1.68 bits per heavy atom. The van der Waals surface area contributed by atoms with E-state index in [0.29, 0.717) is 18.8 Å². The Hall–Kier alpha value is -1.10. The van der Waals surface area contributed by atoms with Crippen LogP contribution in [0.25, 0.3) is 0 Å². The molecule has 9 heteroatoms. The lowest BCUT2D eigenvalue weighted by molar-refractivity contribution is -0.295. The van der Waals surface area contributed by atoms with E-state index in [0.717, 1.165) is 19.4 Å². The van der Waals surface area contributed by atoms with Crippen LogP contribution in [0.1, 0.15) is 86.5 Å². The zero-order chi connectivity index (χ0) is 30.7. The maximum atomic E-state index is 14.1. The number of likely N-dealkylation sites (N-methyl/N-ethyl adjacent to an activating group) is 2. The molecule has 1 saturated carbocycles. The van der Waals surface area contributed by atoms with Crippen LogP contribution in [0.3, 0.4) is 0 Å². The third-order valence-corrected chi connectivity index (χ3v) is 10.1. The fourth-order valence-electron chi connectivity index (χ4n) is 7.58. The summed E-state index contributed by atoms with van der Waals surface area (Å²) in [6.45, 7) is 12.3. The highest BCUT2D eigenvalue weighted by Gasteiger charge is 2.51. The molecule has 3 aliphatic rings. The third kappa shape index (κ3) is 7.90. The highest BCUT2D eigenvalue weighted by Crippen LogP contribution is 2.39. The van der Waals surface area contributed by atoms with Gasteiger partial charge in [0.05, 0.1) is 17.8 Å². The molecule has 0 radical (unpaired) electrons. The number of esters is 1. The maximum Gasteiger partial charge on any atom is 0.319 e. The lowest BCUT2D eigenvalue weighted by atomic mass is 9.74. The lowest BCUT2D eigenvalue weighted by Crippen LogP contribution is -2.59. The predicted molar refractivity (Wildman–Crippen MR) is 158 cm³/mol. The molecule has 3 rings (SSSR count). The van der Waals surface area contributed by atoms with Crippen LogP contribution in [0, 0.1) is 23.2 Å². The molecule has 0 spiro atoms. The molecule has 3 fully saturated rings. The van der Waals surface area contributed by atoms with E-state index >= 15 is 0 Å². The monoisotopic (exact) mass is 582 g/mol. The second kappa shape index (κ2) is 14.1. The number of cyclic esters (lactones) is 1. The first kappa shape index (κ1) is 34.4. The van der Waals surface area contributed by atoms with Crippen molar-refractivity contribution in [3.05, 3.63) is 0 Å². The number of rotatable bonds is 5. The van der Waals surface area contributed by atoms with E-state index in [1.54, 1.807) is 27.9 Å². The summed E-state index contributed by atoms with van der Waals surface area (Å²) in [5.74, 6) is -0.859. The summed E-state index contributed by atoms with van der Waals surface area (Å²) in [6, 6.07) is -0.0594. The number of carbonyl (C=O) groups excluding carboxylic acids is 2. The van der Waals surface area contributed by atoms with Gasteiger partial charge in [0.2, 0.25) is 0 Å². The van der Waals surface area contributed by atoms with Crippen LogP contribution in [-0.2, 0) is 28.5 Å². The second-order valence-electron chi connectivity index (χ2n) is 14.2. The van der Waals surface area contributed by atoms with Gasteiger partial charge in [-0.25, -0.2) is 0 Å². The number of Topliss-reactive ketones (excluding diaryl/α,β-unsaturated/α-hetero) is 1. The molecule has 1 aliphatic carbocycles. The van der Waals surface area contributed by atoms with Crippen molar-refractivity contribution in [1.82, 2.24) is 9.80 Å². The number of hydrogen-bond donors (Lipinski definition) is 1. The fraction of sp³-hybridized carbons (Fsp3) is 0.938. The summed E-state index contributed by atoms with van der Waals surface area (Å²) < 4.78 is 24.9. The van der Waals surface area contributed by atoms with Crippen LogP contribution in [0.5, 0.6) is 0 Å². The Kier molecular flexibility index (Phi) is 11.8. The molecule has 41 heavy (non-hydrogen) atoms. The highest BCUT2D eigenvalue weighted by atomic mass is 16.7. The van der Waals surface area contributed by atoms with E-state index < -0.39 is 41.4 Å². The smallest absolute Gasteiger partial charge is 0.319 e. The molecule has 2 aliphatic heterocycles. The number of methoxy groups -OCH3 is 1. The first-order chi connectivity index (χ1) is 19.1. The first-order valence-electron chi connectivity index (χ1n) is 15.7. The normalized spacial score (nSPS) is 40.9. The van der Waals surface area contributed by atoms with Crippen molar-refractivity contribution in [3.8, 4) is 0 Å². The summed E-state index contributed by atoms with van der Waals surface area (Å²) in [7, 11) is 7.63. The van der Waals surface area contributed by atoms with Gasteiger partial charge in [-0.2, -0.15) is 0 Å². The number of hydrogen-bond acceptors (Lipinski definition) is 9. The molecular weight excluding hydrogens is 524 g/mol. The topological polar surface area (TPSA) is 97.8 Å². The van der Waals surface area contributed by atoms with Gasteiger partial charge in [0.1, 0.15) is 18.1 Å². The lowest BCUT2D eigenvalue weighted by Gasteiger charge is -2.47. The second-order valence-corrected chi connectivity index (χ2v) is 14.2. The Labute approximate surface area is 248 Å². The van der Waals surface area contributed by atoms with Crippen molar-refractivity contribution < 1.29 is 33.6 Å². The summed E-state index contributed by atoms with van der Waals surface area (Å²) >= 11 is 0. The molecule has 1 N–H and O–H groups in total. The quantitative estimate of drug-likeness (QED) is 0.382. The minimum atomic E-state index is -1.38. The van der Waals surface area contributed by atoms with Crippen molar-refractivity contribution in [2.45, 2.75) is 129 Å². The SMILES string of the molecule is CO[C@]1(C)C[C@@H](C)CN(C)[C@@H](C2CCCCC2)COC(=O)C(C)(C)C(=O)[C@H](C)[C@H]1O[C@@H]1O[C@H](C)C[C@H](N(C)C)[C@H]1O. The minimum Gasteiger partial charge on any atom is -0.463 e. The van der Waals surface area contributed by atoms with Crippen molar-refractivity contribution in [3.63, 3.8) is 0 Å². The highest BCUT2D eigenvalue weighted by molar-refractivity contribution is 6.04. The zero-order valence-electron chi connectivity index (χ0n) is 27.4. The Balaban J connectivity index is 1.99. The van der Waals surface area contributed by atoms with Gasteiger partial charge < -0.3 is 29.0 Å². The average Bonchev–Trinajstić information content (AvgIpc) is 2.92. The van der Waals surface area contributed by atoms with Gasteiger partial charge in [-0.3, -0.25) is 14.5 Å². The summed E-state index contributed by atoms with van der Waals surface area (Å²) in [4.78, 5) is 32.0. The summed E-state index contributed by atoms with van der Waals surface area (Å²) in [6.07, 6.45) is 4.42. The zero-order valence-corrected chi connectivity index (χ0v) is 27.4. The van der Waals surface area contributed by atoms with Crippen molar-refractivity contribution >= 4 is 11.8 Å². The van der Waals surface area contributed by atoms with E-state index in [1.165, 1.54) is 19.3 Å². The van der Waals surface area contributed by atoms with Crippen molar-refractivity contribution in [2.24, 2.45) is 23.2 Å². The van der Waals surface area contributed by atoms with Gasteiger partial charge in [0.15, 0.2) is 12.1 Å². The molecule has 9 nitrogen and oxygen atoms in total. The van der Waals surface area contributed by atoms with Crippen LogP contribution in [0.2, 0.25) is 0 Å². The third-order valence-electron chi connectivity index (χ3n) is 10.1. The van der Waals surface area contributed by atoms with Gasteiger partial charge in [0, 0.05) is 31.7 Å². The Morgan fingerprint density at radius 3 is 2.27 bits per heavy atom. The number of ether oxygens (including phenoxy) is 4. The summed E-state index contributed by atoms with van der Waals surface area (Å²) in [5.41, 5.74) is -2.27. The predicted octanol–water partition coefficient (Wildman–Crippen LogP) is 3.90. The molecule has 238 valence electrons. The molecule has 0 bridgehead atoms. The van der Waals surface area contributed by atoms with E-state index in [1.807, 2.05) is 32.8 Å². The molecule has 0 amide bonds. The van der Waals surface area contributed by atoms with Crippen LogP contribution < -0.4 is 0 Å². The molecule has 2 saturated heterocycles. The van der Waals surface area contributed by atoms with E-state index in [4.69, 9.17) is 18.9 Å². The number of nitrogens with zero attached hydrogens (tertiary/aromatic N) is 2. The van der Waals surface area contributed by atoms with Gasteiger partial charge in [0.25, 0.3) is 0 Å². The first-order valence-corrected chi connectivity index (χ1v) is 15.7. The van der Waals surface area contributed by atoms with E-state index in [2.05, 4.69) is 18.9 Å². The summed E-state index contributed by atoms with van der Waals surface area (Å²) in [5, 5.41) is 11.3. The number of aliphatic hydroxyl groups excluding tert-OH is 1. The van der Waals surface area contributed by atoms with Crippen LogP contribution in [0.4, 0.5) is 0 Å². The van der Waals surface area contributed by atoms with Gasteiger partial charge in [-0.1, -0.05) is 33.1 Å². The Morgan fingerprint density at radius 1 is 1.05 bits per heavy atom. The molecular formula is C32H58N2O7. The van der Waals surface area contributed by atoms with E-state index in [9.17, 15) is 14.7 Å². The van der Waals surface area contributed by atoms with Gasteiger partial charge >= 0.3 is 5.97 Å². The van der Waals surface area contributed by atoms with Crippen molar-refractivity contribution in [2.75, 3.05) is 41.4 Å². The fourth-order valence-corrected chi connectivity index (χ4v) is 7.58. The maximum absolute atomic E-state index is 14.1. The molecule has 0 aromatic heterocycles. The molecule has 0 aromatic rings. The van der Waals surface area contributed by atoms with Crippen molar-refractivity contribution in [1.29, 1.82) is 0 Å². The standard InChI is InChI=1S/C32H58N2O7/c1-20-17-32(6,38-10)28(41-29-26(35)24(33(7)8)16-21(2)40-29)22(3)27(36)31(4,5)30(37)39-19-25(34(9)18-20)23-14-12-11-13-15-23/h20-26,28-29,35H,11-19H2,1-10H3/t20-,21-,22+,24+,25-,26-,28-,29+,32-/m1/s1. The molecule has 2 heterocycles. The largest absolute Gasteiger partial charge is 0.463 e.